The molecule has 1 aliphatic rings. The highest BCUT2D eigenvalue weighted by Gasteiger charge is 2.09. The average Bonchev–Trinajstić information content (AvgIpc) is 2.05. The van der Waals surface area contributed by atoms with Crippen molar-refractivity contribution in [2.24, 2.45) is 0 Å². The van der Waals surface area contributed by atoms with E-state index in [1.54, 1.807) is 0 Å². The van der Waals surface area contributed by atoms with Gasteiger partial charge in [-0.25, -0.2) is 4.79 Å². The number of carboxylic acid groups (broad SMARTS) is 1. The Hall–Kier alpha value is -0.520. The normalized spacial score (nSPS) is 17.5. The number of halogens is 1. The summed E-state index contributed by atoms with van der Waals surface area (Å²) in [5.41, 5.74) is 0. The largest absolute Gasteiger partial charge is 0.505 e. The molecule has 78 valence electrons. The lowest BCUT2D eigenvalue weighted by molar-refractivity contribution is 0.0229. The molecule has 0 saturated carbocycles. The molecule has 1 rings (SSSR count). The summed E-state index contributed by atoms with van der Waals surface area (Å²) >= 11 is 0. The van der Waals surface area contributed by atoms with Crippen molar-refractivity contribution in [3.05, 3.63) is 0 Å². The van der Waals surface area contributed by atoms with Gasteiger partial charge >= 0.3 is 6.16 Å². The summed E-state index contributed by atoms with van der Waals surface area (Å²) in [6, 6.07) is 0. The van der Waals surface area contributed by atoms with Gasteiger partial charge in [0.25, 0.3) is 0 Å². The van der Waals surface area contributed by atoms with E-state index in [1.165, 1.54) is 0 Å². The lowest BCUT2D eigenvalue weighted by atomic mass is 10.4. The third-order valence-corrected chi connectivity index (χ3v) is 1.74. The van der Waals surface area contributed by atoms with Gasteiger partial charge in [-0.3, -0.25) is 4.90 Å². The quantitative estimate of drug-likeness (QED) is 0.687. The van der Waals surface area contributed by atoms with Gasteiger partial charge in [-0.2, -0.15) is 0 Å². The van der Waals surface area contributed by atoms with E-state index < -0.39 is 6.16 Å². The summed E-state index contributed by atoms with van der Waals surface area (Å²) in [5.74, 6) is 0. The number of morpholine rings is 1. The van der Waals surface area contributed by atoms with Crippen LogP contribution in [0.1, 0.15) is 0 Å². The van der Waals surface area contributed by atoms with Gasteiger partial charge in [0.05, 0.1) is 13.2 Å². The van der Waals surface area contributed by atoms with Gasteiger partial charge in [0, 0.05) is 19.6 Å². The molecule has 1 fully saturated rings. The third-order valence-electron chi connectivity index (χ3n) is 1.74. The van der Waals surface area contributed by atoms with Gasteiger partial charge in [-0.05, 0) is 0 Å². The van der Waals surface area contributed by atoms with Crippen molar-refractivity contribution in [1.82, 2.24) is 4.90 Å². The molecule has 5 nitrogen and oxygen atoms in total. The van der Waals surface area contributed by atoms with Gasteiger partial charge in [0.1, 0.15) is 6.61 Å². The van der Waals surface area contributed by atoms with Gasteiger partial charge < -0.3 is 14.6 Å². The molecule has 0 aromatic heterocycles. The molecule has 0 aliphatic carbocycles. The monoisotopic (exact) mass is 211 g/mol. The van der Waals surface area contributed by atoms with Crippen LogP contribution in [0.2, 0.25) is 0 Å². The predicted octanol–water partition coefficient (Wildman–Crippen LogP) is 0.435. The van der Waals surface area contributed by atoms with Crippen molar-refractivity contribution < 1.29 is 19.4 Å². The fourth-order valence-corrected chi connectivity index (χ4v) is 1.09. The van der Waals surface area contributed by atoms with Crippen LogP contribution in [0.4, 0.5) is 4.79 Å². The Balaban J connectivity index is 0.00000144. The van der Waals surface area contributed by atoms with Crippen LogP contribution in [0.3, 0.4) is 0 Å². The maximum atomic E-state index is 9.98. The molecule has 0 radical (unpaired) electrons. The molecule has 0 atom stereocenters. The van der Waals surface area contributed by atoms with Crippen LogP contribution in [-0.4, -0.2) is 55.6 Å². The van der Waals surface area contributed by atoms with Gasteiger partial charge in [-0.1, -0.05) is 0 Å². The van der Waals surface area contributed by atoms with E-state index >= 15 is 0 Å². The summed E-state index contributed by atoms with van der Waals surface area (Å²) < 4.78 is 9.51. The van der Waals surface area contributed by atoms with Crippen molar-refractivity contribution in [3.8, 4) is 0 Å². The number of rotatable bonds is 3. The van der Waals surface area contributed by atoms with Crippen LogP contribution in [0, 0.1) is 0 Å². The van der Waals surface area contributed by atoms with Crippen LogP contribution in [-0.2, 0) is 9.47 Å². The average molecular weight is 212 g/mol. The molecule has 1 saturated heterocycles. The van der Waals surface area contributed by atoms with Crippen molar-refractivity contribution in [1.29, 1.82) is 0 Å². The lowest BCUT2D eigenvalue weighted by Gasteiger charge is -2.25. The zero-order valence-corrected chi connectivity index (χ0v) is 8.09. The molecule has 0 amide bonds. The number of hydrogen-bond donors (Lipinski definition) is 1. The molecule has 1 aliphatic heterocycles. The highest BCUT2D eigenvalue weighted by atomic mass is 35.5. The second-order valence-corrected chi connectivity index (χ2v) is 2.57. The SMILES string of the molecule is Cl.O=C(O)OCCN1CCOCC1. The number of nitrogens with zero attached hydrogens (tertiary/aromatic N) is 1. The lowest BCUT2D eigenvalue weighted by Crippen LogP contribution is -2.38. The Labute approximate surface area is 83.0 Å². The van der Waals surface area contributed by atoms with E-state index in [1.807, 2.05) is 0 Å². The first-order valence-electron chi connectivity index (χ1n) is 3.95. The highest BCUT2D eigenvalue weighted by Crippen LogP contribution is 1.95. The molecule has 6 heteroatoms. The van der Waals surface area contributed by atoms with E-state index in [-0.39, 0.29) is 19.0 Å². The Morgan fingerprint density at radius 2 is 2.08 bits per heavy atom. The molecule has 0 aromatic rings. The van der Waals surface area contributed by atoms with Crippen molar-refractivity contribution >= 4 is 18.6 Å². The van der Waals surface area contributed by atoms with Crippen LogP contribution < -0.4 is 0 Å². The van der Waals surface area contributed by atoms with Gasteiger partial charge in [0.15, 0.2) is 0 Å². The molecule has 0 unspecified atom stereocenters. The van der Waals surface area contributed by atoms with Crippen molar-refractivity contribution in [2.75, 3.05) is 39.5 Å². The molecular weight excluding hydrogens is 198 g/mol. The molecule has 0 spiro atoms. The number of ether oxygens (including phenoxy) is 2. The minimum Gasteiger partial charge on any atom is -0.450 e. The Morgan fingerprint density at radius 3 is 2.62 bits per heavy atom. The molecule has 13 heavy (non-hydrogen) atoms. The second kappa shape index (κ2) is 6.94. The van der Waals surface area contributed by atoms with E-state index in [9.17, 15) is 4.79 Å². The zero-order chi connectivity index (χ0) is 8.81. The maximum absolute atomic E-state index is 9.98. The first kappa shape index (κ1) is 12.5. The smallest absolute Gasteiger partial charge is 0.450 e. The van der Waals surface area contributed by atoms with Crippen LogP contribution in [0.25, 0.3) is 0 Å². The highest BCUT2D eigenvalue weighted by molar-refractivity contribution is 5.85. The number of carbonyl (C=O) groups is 1. The van der Waals surface area contributed by atoms with E-state index in [2.05, 4.69) is 9.64 Å². The van der Waals surface area contributed by atoms with E-state index in [4.69, 9.17) is 9.84 Å². The van der Waals surface area contributed by atoms with E-state index in [0.29, 0.717) is 6.54 Å². The number of hydrogen-bond acceptors (Lipinski definition) is 4. The molecule has 1 N–H and O–H groups in total. The summed E-state index contributed by atoms with van der Waals surface area (Å²) in [6.07, 6.45) is -1.21. The van der Waals surface area contributed by atoms with Crippen LogP contribution in [0.5, 0.6) is 0 Å². The summed E-state index contributed by atoms with van der Waals surface area (Å²) in [4.78, 5) is 12.1. The molecule has 1 heterocycles. The minimum atomic E-state index is -1.21. The molecule has 0 bridgehead atoms. The van der Waals surface area contributed by atoms with Crippen LogP contribution >= 0.6 is 12.4 Å². The van der Waals surface area contributed by atoms with Crippen molar-refractivity contribution in [3.63, 3.8) is 0 Å². The van der Waals surface area contributed by atoms with Crippen LogP contribution in [0.15, 0.2) is 0 Å². The Kier molecular flexibility index (Phi) is 6.66. The minimum absolute atomic E-state index is 0. The summed E-state index contributed by atoms with van der Waals surface area (Å²) in [5, 5.41) is 8.18. The summed E-state index contributed by atoms with van der Waals surface area (Å²) in [6.45, 7) is 4.09. The molecular formula is C7H14ClNO4. The Bertz CT molecular complexity index is 149. The predicted molar refractivity (Wildman–Crippen MR) is 48.5 cm³/mol. The maximum Gasteiger partial charge on any atom is 0.505 e. The molecule has 0 aromatic carbocycles. The fourth-order valence-electron chi connectivity index (χ4n) is 1.09. The van der Waals surface area contributed by atoms with Gasteiger partial charge in [0.2, 0.25) is 0 Å². The second-order valence-electron chi connectivity index (χ2n) is 2.57. The van der Waals surface area contributed by atoms with E-state index in [0.717, 1.165) is 26.3 Å². The Morgan fingerprint density at radius 1 is 1.46 bits per heavy atom. The third kappa shape index (κ3) is 5.68. The van der Waals surface area contributed by atoms with Crippen molar-refractivity contribution in [2.45, 2.75) is 0 Å². The topological polar surface area (TPSA) is 59.0 Å². The summed E-state index contributed by atoms with van der Waals surface area (Å²) in [7, 11) is 0. The standard InChI is InChI=1S/C7H13NO4.ClH/c9-7(10)12-6-3-8-1-4-11-5-2-8;/h1-6H2,(H,9,10);1H. The van der Waals surface area contributed by atoms with Gasteiger partial charge in [-0.15, -0.1) is 12.4 Å². The fraction of sp³-hybridized carbons (Fsp3) is 0.857. The zero-order valence-electron chi connectivity index (χ0n) is 7.27. The first-order chi connectivity index (χ1) is 5.79. The first-order valence-corrected chi connectivity index (χ1v) is 3.95.